The standard InChI is InChI=1S/C19H25N5O/c1-5-23-19(20-18(22-23)13-25-6-2)17-9-7-16(8-10-17)12-24-15(4)11-14(3)21-24/h7-11H,5-6,12-13H2,1-4H3. The van der Waals surface area contributed by atoms with Gasteiger partial charge >= 0.3 is 0 Å². The summed E-state index contributed by atoms with van der Waals surface area (Å²) in [4.78, 5) is 4.63. The molecule has 6 heteroatoms. The van der Waals surface area contributed by atoms with Crippen LogP contribution >= 0.6 is 0 Å². The summed E-state index contributed by atoms with van der Waals surface area (Å²) in [5.74, 6) is 1.61. The number of aromatic nitrogens is 5. The Morgan fingerprint density at radius 3 is 2.36 bits per heavy atom. The lowest BCUT2D eigenvalue weighted by Crippen LogP contribution is -2.04. The second-order valence-corrected chi connectivity index (χ2v) is 6.09. The first-order valence-corrected chi connectivity index (χ1v) is 8.72. The van der Waals surface area contributed by atoms with E-state index in [2.05, 4.69) is 59.4 Å². The molecule has 3 aromatic rings. The van der Waals surface area contributed by atoms with Crippen LogP contribution < -0.4 is 0 Å². The number of hydrogen-bond donors (Lipinski definition) is 0. The molecule has 0 aliphatic rings. The third-order valence-electron chi connectivity index (χ3n) is 4.10. The van der Waals surface area contributed by atoms with E-state index in [4.69, 9.17) is 4.74 Å². The molecule has 0 aliphatic heterocycles. The van der Waals surface area contributed by atoms with Crippen LogP contribution in [0.1, 0.15) is 36.6 Å². The molecule has 0 atom stereocenters. The van der Waals surface area contributed by atoms with Crippen molar-refractivity contribution in [2.24, 2.45) is 0 Å². The molecule has 132 valence electrons. The summed E-state index contributed by atoms with van der Waals surface area (Å²) in [6.45, 7) is 10.8. The molecule has 0 saturated carbocycles. The minimum Gasteiger partial charge on any atom is -0.374 e. The first-order valence-electron chi connectivity index (χ1n) is 8.72. The first-order chi connectivity index (χ1) is 12.1. The number of hydrogen-bond acceptors (Lipinski definition) is 4. The zero-order chi connectivity index (χ0) is 17.8. The fourth-order valence-electron chi connectivity index (χ4n) is 2.84. The highest BCUT2D eigenvalue weighted by Gasteiger charge is 2.11. The van der Waals surface area contributed by atoms with Crippen molar-refractivity contribution in [1.82, 2.24) is 24.5 Å². The molecule has 0 fully saturated rings. The average Bonchev–Trinajstić information content (AvgIpc) is 3.16. The van der Waals surface area contributed by atoms with Crippen molar-refractivity contribution in [2.75, 3.05) is 6.61 Å². The van der Waals surface area contributed by atoms with E-state index in [9.17, 15) is 0 Å². The van der Waals surface area contributed by atoms with Gasteiger partial charge < -0.3 is 4.74 Å². The molecule has 0 aliphatic carbocycles. The maximum Gasteiger partial charge on any atom is 0.176 e. The van der Waals surface area contributed by atoms with Crippen molar-refractivity contribution in [3.05, 3.63) is 53.1 Å². The highest BCUT2D eigenvalue weighted by Crippen LogP contribution is 2.19. The second-order valence-electron chi connectivity index (χ2n) is 6.09. The second kappa shape index (κ2) is 7.61. The zero-order valence-electron chi connectivity index (χ0n) is 15.4. The van der Waals surface area contributed by atoms with Gasteiger partial charge in [0.05, 0.1) is 12.2 Å². The Morgan fingerprint density at radius 1 is 1.00 bits per heavy atom. The van der Waals surface area contributed by atoms with Crippen molar-refractivity contribution in [3.63, 3.8) is 0 Å². The van der Waals surface area contributed by atoms with E-state index >= 15 is 0 Å². The van der Waals surface area contributed by atoms with Gasteiger partial charge in [-0.3, -0.25) is 4.68 Å². The van der Waals surface area contributed by atoms with Gasteiger partial charge in [0.2, 0.25) is 0 Å². The minimum atomic E-state index is 0.451. The van der Waals surface area contributed by atoms with E-state index in [1.165, 1.54) is 11.3 Å². The van der Waals surface area contributed by atoms with Crippen molar-refractivity contribution < 1.29 is 4.74 Å². The maximum absolute atomic E-state index is 5.42. The number of ether oxygens (including phenoxy) is 1. The summed E-state index contributed by atoms with van der Waals surface area (Å²) in [5, 5.41) is 9.04. The van der Waals surface area contributed by atoms with Crippen LogP contribution in [-0.2, 0) is 24.4 Å². The highest BCUT2D eigenvalue weighted by atomic mass is 16.5. The predicted octanol–water partition coefficient (Wildman–Crippen LogP) is 3.36. The molecule has 1 aromatic carbocycles. The number of nitrogens with zero attached hydrogens (tertiary/aromatic N) is 5. The maximum atomic E-state index is 5.42. The molecule has 0 spiro atoms. The summed E-state index contributed by atoms with van der Waals surface area (Å²) in [6, 6.07) is 10.5. The van der Waals surface area contributed by atoms with Gasteiger partial charge in [-0.2, -0.15) is 10.2 Å². The van der Waals surface area contributed by atoms with E-state index in [1.807, 2.05) is 23.2 Å². The van der Waals surface area contributed by atoms with Gasteiger partial charge in [0, 0.05) is 24.4 Å². The summed E-state index contributed by atoms with van der Waals surface area (Å²) < 4.78 is 9.37. The van der Waals surface area contributed by atoms with Crippen molar-refractivity contribution in [1.29, 1.82) is 0 Å². The predicted molar refractivity (Wildman–Crippen MR) is 97.3 cm³/mol. The Kier molecular flexibility index (Phi) is 5.28. The van der Waals surface area contributed by atoms with E-state index in [-0.39, 0.29) is 0 Å². The van der Waals surface area contributed by atoms with Crippen LogP contribution in [-0.4, -0.2) is 31.2 Å². The lowest BCUT2D eigenvalue weighted by molar-refractivity contribution is 0.128. The van der Waals surface area contributed by atoms with Gasteiger partial charge in [0.1, 0.15) is 6.61 Å². The Balaban J connectivity index is 1.80. The summed E-state index contributed by atoms with van der Waals surface area (Å²) in [6.07, 6.45) is 0. The molecular weight excluding hydrogens is 314 g/mol. The zero-order valence-corrected chi connectivity index (χ0v) is 15.4. The van der Waals surface area contributed by atoms with Crippen LogP contribution in [0, 0.1) is 13.8 Å². The summed E-state index contributed by atoms with van der Waals surface area (Å²) in [7, 11) is 0. The van der Waals surface area contributed by atoms with Crippen LogP contribution in [0.2, 0.25) is 0 Å². The molecule has 6 nitrogen and oxygen atoms in total. The average molecular weight is 339 g/mol. The highest BCUT2D eigenvalue weighted by molar-refractivity contribution is 5.55. The topological polar surface area (TPSA) is 57.8 Å². The van der Waals surface area contributed by atoms with Crippen LogP contribution in [0.4, 0.5) is 0 Å². The third-order valence-corrected chi connectivity index (χ3v) is 4.10. The molecule has 2 aromatic heterocycles. The molecule has 0 amide bonds. The molecule has 0 radical (unpaired) electrons. The van der Waals surface area contributed by atoms with E-state index in [1.54, 1.807) is 0 Å². The summed E-state index contributed by atoms with van der Waals surface area (Å²) >= 11 is 0. The minimum absolute atomic E-state index is 0.451. The fraction of sp³-hybridized carbons (Fsp3) is 0.421. The normalized spacial score (nSPS) is 11.2. The first kappa shape index (κ1) is 17.4. The fourth-order valence-corrected chi connectivity index (χ4v) is 2.84. The van der Waals surface area contributed by atoms with Crippen LogP contribution in [0.25, 0.3) is 11.4 Å². The molecule has 0 N–H and O–H groups in total. The molecule has 0 saturated heterocycles. The summed E-state index contributed by atoms with van der Waals surface area (Å²) in [5.41, 5.74) is 4.50. The van der Waals surface area contributed by atoms with Crippen LogP contribution in [0.3, 0.4) is 0 Å². The van der Waals surface area contributed by atoms with E-state index < -0.39 is 0 Å². The SMILES string of the molecule is CCOCc1nc(-c2ccc(Cn3nc(C)cc3C)cc2)n(CC)n1. The lowest BCUT2D eigenvalue weighted by atomic mass is 10.1. The van der Waals surface area contributed by atoms with E-state index in [0.29, 0.717) is 13.2 Å². The Hall–Kier alpha value is -2.47. The quantitative estimate of drug-likeness (QED) is 0.662. The lowest BCUT2D eigenvalue weighted by Gasteiger charge is -2.07. The van der Waals surface area contributed by atoms with Crippen molar-refractivity contribution >= 4 is 0 Å². The van der Waals surface area contributed by atoms with Crippen LogP contribution in [0.15, 0.2) is 30.3 Å². The molecule has 25 heavy (non-hydrogen) atoms. The Bertz CT molecular complexity index is 832. The van der Waals surface area contributed by atoms with Gasteiger partial charge in [-0.05, 0) is 39.3 Å². The Morgan fingerprint density at radius 2 is 1.76 bits per heavy atom. The molecule has 2 heterocycles. The largest absolute Gasteiger partial charge is 0.374 e. The van der Waals surface area contributed by atoms with Crippen molar-refractivity contribution in [3.8, 4) is 11.4 Å². The Labute approximate surface area is 148 Å². The van der Waals surface area contributed by atoms with E-state index in [0.717, 1.165) is 36.0 Å². The van der Waals surface area contributed by atoms with Crippen LogP contribution in [0.5, 0.6) is 0 Å². The molecule has 0 unspecified atom stereocenters. The van der Waals surface area contributed by atoms with Gasteiger partial charge in [-0.25, -0.2) is 9.67 Å². The van der Waals surface area contributed by atoms with Gasteiger partial charge in [-0.15, -0.1) is 0 Å². The third kappa shape index (κ3) is 3.96. The van der Waals surface area contributed by atoms with Gasteiger partial charge in [-0.1, -0.05) is 24.3 Å². The molecule has 3 rings (SSSR count). The number of rotatable bonds is 7. The van der Waals surface area contributed by atoms with Crippen molar-refractivity contribution in [2.45, 2.75) is 47.4 Å². The van der Waals surface area contributed by atoms with Gasteiger partial charge in [0.25, 0.3) is 0 Å². The monoisotopic (exact) mass is 339 g/mol. The van der Waals surface area contributed by atoms with Gasteiger partial charge in [0.15, 0.2) is 11.6 Å². The number of aryl methyl sites for hydroxylation is 3. The molecule has 0 bridgehead atoms. The number of benzene rings is 1. The molecular formula is C19H25N5O. The smallest absolute Gasteiger partial charge is 0.176 e.